The minimum atomic E-state index is -0.338. The van der Waals surface area contributed by atoms with Crippen molar-refractivity contribution in [3.05, 3.63) is 41.5 Å². The summed E-state index contributed by atoms with van der Waals surface area (Å²) in [6, 6.07) is 5.49. The van der Waals surface area contributed by atoms with Gasteiger partial charge in [-0.1, -0.05) is 45.9 Å². The molecule has 2 aliphatic carbocycles. The van der Waals surface area contributed by atoms with Gasteiger partial charge in [-0.15, -0.1) is 0 Å². The average Bonchev–Trinajstić information content (AvgIpc) is 2.94. The Bertz CT molecular complexity index is 780. The maximum atomic E-state index is 12.9. The zero-order chi connectivity index (χ0) is 22.1. The van der Waals surface area contributed by atoms with E-state index < -0.39 is 0 Å². The van der Waals surface area contributed by atoms with Crippen LogP contribution in [0, 0.1) is 41.9 Å². The van der Waals surface area contributed by atoms with Gasteiger partial charge in [-0.2, -0.15) is 0 Å². The molecule has 1 aromatic rings. The van der Waals surface area contributed by atoms with Crippen molar-refractivity contribution < 1.29 is 15.0 Å². The number of benzene rings is 1. The molecule has 3 heteroatoms. The summed E-state index contributed by atoms with van der Waals surface area (Å²) < 4.78 is 0. The third-order valence-corrected chi connectivity index (χ3v) is 8.00. The highest BCUT2D eigenvalue weighted by atomic mass is 16.3. The van der Waals surface area contributed by atoms with Crippen molar-refractivity contribution >= 4 is 5.78 Å². The number of aliphatic hydroxyl groups excluding tert-OH is 1. The Morgan fingerprint density at radius 3 is 2.70 bits per heavy atom. The molecule has 166 valence electrons. The first kappa shape index (κ1) is 23.1. The summed E-state index contributed by atoms with van der Waals surface area (Å²) in [5.74, 6) is 2.08. The number of Topliss-reactive ketones (excluding diaryl/α,β-unsaturated/α-hetero) is 1. The summed E-state index contributed by atoms with van der Waals surface area (Å²) in [6.45, 7) is 11.1. The van der Waals surface area contributed by atoms with E-state index in [1.54, 1.807) is 6.07 Å². The van der Waals surface area contributed by atoms with Crippen molar-refractivity contribution in [1.82, 2.24) is 0 Å². The van der Waals surface area contributed by atoms with Crippen LogP contribution < -0.4 is 0 Å². The topological polar surface area (TPSA) is 57.5 Å². The van der Waals surface area contributed by atoms with E-state index in [2.05, 4.69) is 46.8 Å². The van der Waals surface area contributed by atoms with Gasteiger partial charge in [0.15, 0.2) is 0 Å². The molecule has 0 radical (unpaired) electrons. The summed E-state index contributed by atoms with van der Waals surface area (Å²) >= 11 is 0. The number of aromatic hydroxyl groups is 1. The Labute approximate surface area is 182 Å². The number of ketones is 1. The number of carbonyl (C=O) groups is 1. The van der Waals surface area contributed by atoms with E-state index in [0.29, 0.717) is 24.0 Å². The number of rotatable bonds is 7. The van der Waals surface area contributed by atoms with Gasteiger partial charge in [0.2, 0.25) is 0 Å². The zero-order valence-electron chi connectivity index (χ0n) is 19.4. The Morgan fingerprint density at radius 1 is 1.27 bits per heavy atom. The van der Waals surface area contributed by atoms with Crippen LogP contribution in [-0.2, 0) is 11.2 Å². The smallest absolute Gasteiger partial charge is 0.136 e. The fraction of sp³-hybridized carbons (Fsp3) is 0.667. The van der Waals surface area contributed by atoms with Crippen LogP contribution in [0.4, 0.5) is 0 Å². The van der Waals surface area contributed by atoms with E-state index in [1.807, 2.05) is 12.1 Å². The van der Waals surface area contributed by atoms with Crippen LogP contribution in [0.15, 0.2) is 30.4 Å². The standard InChI is InChI=1S/C27H40O3/c1-17(2)7-6-8-19(4)26-25(30)16-23-22(24(29)13-14-27(23,26)5)12-10-20-15-21(28)11-9-18(20)3/h6,8-9,11,15,17,19,22-23,25-26,28,30H,7,10,12-14,16H2,1-5H3. The minimum Gasteiger partial charge on any atom is -0.508 e. The quantitative estimate of drug-likeness (QED) is 0.552. The Kier molecular flexibility index (Phi) is 7.12. The first-order valence-corrected chi connectivity index (χ1v) is 11.8. The van der Waals surface area contributed by atoms with Gasteiger partial charge in [-0.25, -0.2) is 0 Å². The molecule has 30 heavy (non-hydrogen) atoms. The summed E-state index contributed by atoms with van der Waals surface area (Å²) in [6.07, 6.45) is 9.16. The summed E-state index contributed by atoms with van der Waals surface area (Å²) in [7, 11) is 0. The van der Waals surface area contributed by atoms with Crippen LogP contribution in [0.2, 0.25) is 0 Å². The molecule has 0 aromatic heterocycles. The van der Waals surface area contributed by atoms with Crippen molar-refractivity contribution in [3.63, 3.8) is 0 Å². The van der Waals surface area contributed by atoms with E-state index in [4.69, 9.17) is 0 Å². The highest BCUT2D eigenvalue weighted by molar-refractivity contribution is 5.82. The van der Waals surface area contributed by atoms with Gasteiger partial charge in [-0.05, 0) is 91.4 Å². The van der Waals surface area contributed by atoms with Crippen LogP contribution in [0.3, 0.4) is 0 Å². The van der Waals surface area contributed by atoms with E-state index >= 15 is 0 Å². The van der Waals surface area contributed by atoms with Crippen LogP contribution in [0.1, 0.15) is 70.9 Å². The average molecular weight is 413 g/mol. The third-order valence-electron chi connectivity index (χ3n) is 8.00. The van der Waals surface area contributed by atoms with Gasteiger partial charge >= 0.3 is 0 Å². The zero-order valence-corrected chi connectivity index (χ0v) is 19.4. The van der Waals surface area contributed by atoms with Crippen LogP contribution in [0.5, 0.6) is 5.75 Å². The van der Waals surface area contributed by atoms with Gasteiger partial charge < -0.3 is 10.2 Å². The van der Waals surface area contributed by atoms with E-state index in [9.17, 15) is 15.0 Å². The first-order valence-electron chi connectivity index (χ1n) is 11.8. The number of carbonyl (C=O) groups excluding carboxylic acids is 1. The van der Waals surface area contributed by atoms with Crippen LogP contribution in [0.25, 0.3) is 0 Å². The fourth-order valence-corrected chi connectivity index (χ4v) is 6.38. The largest absolute Gasteiger partial charge is 0.508 e. The molecule has 2 saturated carbocycles. The lowest BCUT2D eigenvalue weighted by Gasteiger charge is -2.45. The molecule has 0 heterocycles. The first-order chi connectivity index (χ1) is 14.1. The van der Waals surface area contributed by atoms with Crippen molar-refractivity contribution in [2.75, 3.05) is 0 Å². The second kappa shape index (κ2) is 9.26. The van der Waals surface area contributed by atoms with E-state index in [1.165, 1.54) is 0 Å². The van der Waals surface area contributed by atoms with Gasteiger partial charge in [0.25, 0.3) is 0 Å². The van der Waals surface area contributed by atoms with E-state index in [0.717, 1.165) is 43.2 Å². The second-order valence-corrected chi connectivity index (χ2v) is 10.6. The number of phenols is 1. The SMILES string of the molecule is Cc1ccc(O)cc1CCC1C(=O)CCC2(C)C1CC(O)C2C(C)C=CCC(C)C. The van der Waals surface area contributed by atoms with Gasteiger partial charge in [0.1, 0.15) is 11.5 Å². The number of hydrogen-bond donors (Lipinski definition) is 2. The molecular weight excluding hydrogens is 372 g/mol. The molecule has 2 aliphatic rings. The minimum absolute atomic E-state index is 0.00739. The Hall–Kier alpha value is -1.61. The molecule has 0 aliphatic heterocycles. The van der Waals surface area contributed by atoms with Crippen LogP contribution >= 0.6 is 0 Å². The monoisotopic (exact) mass is 412 g/mol. The number of fused-ring (bicyclic) bond motifs is 1. The molecule has 6 unspecified atom stereocenters. The molecule has 6 atom stereocenters. The second-order valence-electron chi connectivity index (χ2n) is 10.6. The highest BCUT2D eigenvalue weighted by Crippen LogP contribution is 2.59. The number of aliphatic hydroxyl groups is 1. The predicted molar refractivity (Wildman–Crippen MR) is 122 cm³/mol. The van der Waals surface area contributed by atoms with Crippen molar-refractivity contribution in [2.45, 2.75) is 79.2 Å². The number of phenolic OH excluding ortho intramolecular Hbond substituents is 1. The molecule has 3 nitrogen and oxygen atoms in total. The Morgan fingerprint density at radius 2 is 2.00 bits per heavy atom. The Balaban J connectivity index is 1.77. The summed E-state index contributed by atoms with van der Waals surface area (Å²) in [5.41, 5.74) is 2.29. The maximum Gasteiger partial charge on any atom is 0.136 e. The summed E-state index contributed by atoms with van der Waals surface area (Å²) in [5, 5.41) is 20.9. The van der Waals surface area contributed by atoms with Gasteiger partial charge in [-0.3, -0.25) is 4.79 Å². The molecular formula is C27H40O3. The highest BCUT2D eigenvalue weighted by Gasteiger charge is 2.57. The van der Waals surface area contributed by atoms with Crippen molar-refractivity contribution in [3.8, 4) is 5.75 Å². The van der Waals surface area contributed by atoms with Gasteiger partial charge in [0.05, 0.1) is 6.10 Å². The van der Waals surface area contributed by atoms with Crippen molar-refractivity contribution in [1.29, 1.82) is 0 Å². The third kappa shape index (κ3) is 4.66. The molecule has 2 N–H and O–H groups in total. The lowest BCUT2D eigenvalue weighted by atomic mass is 9.58. The molecule has 3 rings (SSSR count). The number of aryl methyl sites for hydroxylation is 2. The van der Waals surface area contributed by atoms with E-state index in [-0.39, 0.29) is 35.0 Å². The number of allylic oxidation sites excluding steroid dienone is 2. The lowest BCUT2D eigenvalue weighted by molar-refractivity contribution is -0.132. The maximum absolute atomic E-state index is 12.9. The van der Waals surface area contributed by atoms with Crippen molar-refractivity contribution in [2.24, 2.45) is 35.0 Å². The predicted octanol–water partition coefficient (Wildman–Crippen LogP) is 5.85. The molecule has 0 spiro atoms. The van der Waals surface area contributed by atoms with Crippen LogP contribution in [-0.4, -0.2) is 22.1 Å². The molecule has 0 saturated heterocycles. The molecule has 2 fully saturated rings. The summed E-state index contributed by atoms with van der Waals surface area (Å²) in [4.78, 5) is 12.9. The molecule has 1 aromatic carbocycles. The van der Waals surface area contributed by atoms with Gasteiger partial charge in [0, 0.05) is 12.3 Å². The number of hydrogen-bond acceptors (Lipinski definition) is 3. The fourth-order valence-electron chi connectivity index (χ4n) is 6.38. The molecule has 0 amide bonds. The lowest BCUT2D eigenvalue weighted by Crippen LogP contribution is -2.43. The normalized spacial score (nSPS) is 32.7. The molecule has 0 bridgehead atoms.